The van der Waals surface area contributed by atoms with Gasteiger partial charge in [-0.25, -0.2) is 9.59 Å². The number of nitrogens with one attached hydrogen (secondary N) is 1. The molecule has 0 unspecified atom stereocenters. The van der Waals surface area contributed by atoms with Crippen LogP contribution in [0, 0.1) is 11.3 Å². The summed E-state index contributed by atoms with van der Waals surface area (Å²) < 4.78 is 22.7. The molecule has 0 saturated carbocycles. The van der Waals surface area contributed by atoms with E-state index in [2.05, 4.69) is 11.9 Å². The molecule has 9 nitrogen and oxygen atoms in total. The first-order chi connectivity index (χ1) is 17.8. The van der Waals surface area contributed by atoms with Crippen LogP contribution in [0.5, 0.6) is 0 Å². The van der Waals surface area contributed by atoms with Gasteiger partial charge in [-0.05, 0) is 47.1 Å². The van der Waals surface area contributed by atoms with Gasteiger partial charge in [-0.3, -0.25) is 9.59 Å². The Bertz CT molecular complexity index is 1060. The summed E-state index contributed by atoms with van der Waals surface area (Å²) in [5.74, 6) is -4.41. The van der Waals surface area contributed by atoms with Gasteiger partial charge in [-0.15, -0.1) is 6.58 Å². The lowest BCUT2D eigenvalue weighted by Gasteiger charge is -2.33. The van der Waals surface area contributed by atoms with Gasteiger partial charge in [-0.1, -0.05) is 57.2 Å². The smallest absolute Gasteiger partial charge is 0.342 e. The van der Waals surface area contributed by atoms with Gasteiger partial charge in [-0.2, -0.15) is 0 Å². The molecule has 2 rings (SSSR count). The van der Waals surface area contributed by atoms with Crippen LogP contribution < -0.4 is 5.32 Å². The number of benzene rings is 1. The van der Waals surface area contributed by atoms with Gasteiger partial charge in [0.05, 0.1) is 12.3 Å². The molecular formula is C30H43NO8. The highest BCUT2D eigenvalue weighted by Gasteiger charge is 2.61. The molecule has 9 heteroatoms. The van der Waals surface area contributed by atoms with Gasteiger partial charge >= 0.3 is 17.9 Å². The Hall–Kier alpha value is -3.20. The van der Waals surface area contributed by atoms with E-state index in [9.17, 15) is 19.2 Å². The third kappa shape index (κ3) is 8.92. The number of ether oxygens (including phenoxy) is 4. The molecule has 1 saturated heterocycles. The molecule has 1 aromatic rings. The maximum Gasteiger partial charge on any atom is 0.342 e. The predicted molar refractivity (Wildman–Crippen MR) is 145 cm³/mol. The molecule has 0 aromatic heterocycles. The van der Waals surface area contributed by atoms with Crippen molar-refractivity contribution >= 4 is 23.8 Å². The van der Waals surface area contributed by atoms with E-state index in [-0.39, 0.29) is 6.42 Å². The highest BCUT2D eigenvalue weighted by atomic mass is 16.8. The van der Waals surface area contributed by atoms with Crippen molar-refractivity contribution in [2.24, 2.45) is 11.3 Å². The Morgan fingerprint density at radius 1 is 1.00 bits per heavy atom. The number of rotatable bonds is 9. The lowest BCUT2D eigenvalue weighted by molar-refractivity contribution is -0.178. The van der Waals surface area contributed by atoms with Crippen LogP contribution >= 0.6 is 0 Å². The average molecular weight is 546 g/mol. The van der Waals surface area contributed by atoms with E-state index < -0.39 is 70.7 Å². The number of carbonyl (C=O) groups is 4. The van der Waals surface area contributed by atoms with Crippen LogP contribution in [0.3, 0.4) is 0 Å². The van der Waals surface area contributed by atoms with Gasteiger partial charge in [0, 0.05) is 11.8 Å². The fraction of sp³-hybridized carbons (Fsp3) is 0.600. The number of carbonyl (C=O) groups excluding carboxylic acids is 4. The maximum atomic E-state index is 13.8. The molecule has 1 heterocycles. The van der Waals surface area contributed by atoms with Gasteiger partial charge in [0.15, 0.2) is 5.60 Å². The number of amides is 1. The molecule has 4 atom stereocenters. The Balaban J connectivity index is 2.46. The van der Waals surface area contributed by atoms with Crippen molar-refractivity contribution in [2.45, 2.75) is 104 Å². The molecule has 0 bridgehead atoms. The van der Waals surface area contributed by atoms with Crippen molar-refractivity contribution in [2.75, 3.05) is 0 Å². The summed E-state index contributed by atoms with van der Waals surface area (Å²) in [4.78, 5) is 53.2. The first kappa shape index (κ1) is 32.0. The number of esters is 3. The van der Waals surface area contributed by atoms with Crippen molar-refractivity contribution in [1.82, 2.24) is 5.32 Å². The second-order valence-electron chi connectivity index (χ2n) is 12.9. The third-order valence-corrected chi connectivity index (χ3v) is 5.72. The highest BCUT2D eigenvalue weighted by Crippen LogP contribution is 2.42. The third-order valence-electron chi connectivity index (χ3n) is 5.72. The molecule has 1 aliphatic rings. The van der Waals surface area contributed by atoms with Gasteiger partial charge in [0.25, 0.3) is 0 Å². The Labute approximate surface area is 231 Å². The Kier molecular flexibility index (Phi) is 9.77. The first-order valence-electron chi connectivity index (χ1n) is 13.1. The van der Waals surface area contributed by atoms with Crippen molar-refractivity contribution < 1.29 is 38.1 Å². The second kappa shape index (κ2) is 11.9. The molecular weight excluding hydrogens is 502 g/mol. The van der Waals surface area contributed by atoms with E-state index in [1.54, 1.807) is 62.3 Å². The zero-order chi connectivity index (χ0) is 29.8. The van der Waals surface area contributed by atoms with Crippen LogP contribution in [0.2, 0.25) is 0 Å². The summed E-state index contributed by atoms with van der Waals surface area (Å²) in [6, 6.07) is 8.04. The van der Waals surface area contributed by atoms with E-state index in [0.717, 1.165) is 5.56 Å². The Morgan fingerprint density at radius 3 is 2.03 bits per heavy atom. The SMILES string of the molecule is C=C[C@@H](C(=O)N[C@@H](Cc1ccccc1)C(=O)OC(C)(C)C)[C@]1(CC(=O)OC(C)(C)C)O[C@H](C(C)(C)C)OC1=O. The minimum Gasteiger partial charge on any atom is -0.460 e. The minimum atomic E-state index is -2.04. The molecule has 0 radical (unpaired) electrons. The van der Waals surface area contributed by atoms with Crippen molar-refractivity contribution in [3.05, 3.63) is 48.6 Å². The van der Waals surface area contributed by atoms with E-state index in [1.807, 2.05) is 30.3 Å². The number of hydrogen-bond donors (Lipinski definition) is 1. The first-order valence-corrected chi connectivity index (χ1v) is 13.1. The lowest BCUT2D eigenvalue weighted by Crippen LogP contribution is -2.55. The Morgan fingerprint density at radius 2 is 1.56 bits per heavy atom. The van der Waals surface area contributed by atoms with Crippen LogP contribution in [-0.4, -0.2) is 53.0 Å². The quantitative estimate of drug-likeness (QED) is 0.278. The normalized spacial score (nSPS) is 21.4. The van der Waals surface area contributed by atoms with E-state index >= 15 is 0 Å². The van der Waals surface area contributed by atoms with Gasteiger partial charge in [0.2, 0.25) is 12.2 Å². The fourth-order valence-electron chi connectivity index (χ4n) is 4.02. The monoisotopic (exact) mass is 545 g/mol. The zero-order valence-corrected chi connectivity index (χ0v) is 24.6. The predicted octanol–water partition coefficient (Wildman–Crippen LogP) is 4.27. The van der Waals surface area contributed by atoms with Crippen LogP contribution in [0.25, 0.3) is 0 Å². The van der Waals surface area contributed by atoms with Crippen LogP contribution in [0.1, 0.15) is 74.3 Å². The zero-order valence-electron chi connectivity index (χ0n) is 24.6. The second-order valence-corrected chi connectivity index (χ2v) is 12.9. The van der Waals surface area contributed by atoms with Gasteiger partial charge < -0.3 is 24.3 Å². The van der Waals surface area contributed by atoms with Crippen LogP contribution in [0.15, 0.2) is 43.0 Å². The summed E-state index contributed by atoms with van der Waals surface area (Å²) in [5, 5.41) is 2.71. The largest absolute Gasteiger partial charge is 0.460 e. The van der Waals surface area contributed by atoms with E-state index in [0.29, 0.717) is 0 Å². The van der Waals surface area contributed by atoms with E-state index in [1.165, 1.54) is 6.08 Å². The standard InChI is InChI=1S/C30H43NO8/c1-11-20(23(33)31-21(24(34)38-29(8,9)10)17-19-15-13-12-14-16-19)30(18-22(32)37-28(5,6)7)25(35)36-26(39-30)27(2,3)4/h11-16,20-21,26H,1,17-18H2,2-10H3,(H,31,33)/t20-,21-,26+,30-/m0/s1. The minimum absolute atomic E-state index is 0.139. The summed E-state index contributed by atoms with van der Waals surface area (Å²) >= 11 is 0. The molecule has 39 heavy (non-hydrogen) atoms. The van der Waals surface area contributed by atoms with Crippen LogP contribution in [-0.2, 0) is 44.5 Å². The van der Waals surface area contributed by atoms with Gasteiger partial charge in [0.1, 0.15) is 17.2 Å². The molecule has 1 aliphatic heterocycles. The fourth-order valence-corrected chi connectivity index (χ4v) is 4.02. The van der Waals surface area contributed by atoms with Crippen LogP contribution in [0.4, 0.5) is 0 Å². The van der Waals surface area contributed by atoms with Crippen molar-refractivity contribution in [3.8, 4) is 0 Å². The highest BCUT2D eigenvalue weighted by molar-refractivity contribution is 5.96. The summed E-state index contributed by atoms with van der Waals surface area (Å²) in [7, 11) is 0. The van der Waals surface area contributed by atoms with E-state index in [4.69, 9.17) is 18.9 Å². The molecule has 216 valence electrons. The lowest BCUT2D eigenvalue weighted by atomic mass is 9.83. The number of cyclic esters (lactones) is 1. The molecule has 0 aliphatic carbocycles. The van der Waals surface area contributed by atoms with Crippen molar-refractivity contribution in [3.63, 3.8) is 0 Å². The molecule has 0 spiro atoms. The summed E-state index contributed by atoms with van der Waals surface area (Å²) in [6.07, 6.45) is -0.259. The molecule has 1 N–H and O–H groups in total. The number of hydrogen-bond acceptors (Lipinski definition) is 8. The summed E-state index contributed by atoms with van der Waals surface area (Å²) in [6.45, 7) is 19.4. The maximum absolute atomic E-state index is 13.8. The summed E-state index contributed by atoms with van der Waals surface area (Å²) in [5.41, 5.74) is -3.55. The molecule has 1 fully saturated rings. The average Bonchev–Trinajstić information content (AvgIpc) is 3.08. The topological polar surface area (TPSA) is 117 Å². The molecule has 1 aromatic carbocycles. The molecule has 1 amide bonds. The van der Waals surface area contributed by atoms with Crippen molar-refractivity contribution in [1.29, 1.82) is 0 Å².